The third-order valence-electron chi connectivity index (χ3n) is 6.54. The van der Waals surface area contributed by atoms with Crippen LogP contribution in [0.4, 0.5) is 5.69 Å². The van der Waals surface area contributed by atoms with E-state index in [0.29, 0.717) is 18.7 Å². The van der Waals surface area contributed by atoms with Crippen molar-refractivity contribution in [3.8, 4) is 0 Å². The molecule has 174 valence electrons. The van der Waals surface area contributed by atoms with Crippen LogP contribution in [-0.4, -0.2) is 67.6 Å². The lowest BCUT2D eigenvalue weighted by atomic mass is 9.88. The van der Waals surface area contributed by atoms with Gasteiger partial charge in [0.1, 0.15) is 6.04 Å². The monoisotopic (exact) mass is 462 g/mol. The van der Waals surface area contributed by atoms with Crippen molar-refractivity contribution in [2.24, 2.45) is 5.92 Å². The van der Waals surface area contributed by atoms with Gasteiger partial charge >= 0.3 is 0 Å². The number of piperazine rings is 1. The summed E-state index contributed by atoms with van der Waals surface area (Å²) in [6.45, 7) is 0.824. The van der Waals surface area contributed by atoms with Gasteiger partial charge in [0.15, 0.2) is 0 Å². The predicted octanol–water partition coefficient (Wildman–Crippen LogP) is 1.32. The molecule has 3 fully saturated rings. The number of nitrogens with zero attached hydrogens (tertiary/aromatic N) is 2. The molecule has 2 aliphatic heterocycles. The minimum atomic E-state index is -3.85. The van der Waals surface area contributed by atoms with E-state index in [0.717, 1.165) is 42.8 Å². The van der Waals surface area contributed by atoms with Crippen LogP contribution in [0.25, 0.3) is 0 Å². The van der Waals surface area contributed by atoms with Gasteiger partial charge in [-0.05, 0) is 43.9 Å². The van der Waals surface area contributed by atoms with Crippen LogP contribution in [0.3, 0.4) is 0 Å². The summed E-state index contributed by atoms with van der Waals surface area (Å²) in [5.74, 6) is -0.554. The van der Waals surface area contributed by atoms with Gasteiger partial charge in [-0.25, -0.2) is 8.42 Å². The van der Waals surface area contributed by atoms with Crippen LogP contribution >= 0.6 is 0 Å². The summed E-state index contributed by atoms with van der Waals surface area (Å²) in [4.78, 5) is 39.3. The fourth-order valence-corrected chi connectivity index (χ4v) is 6.26. The second-order valence-electron chi connectivity index (χ2n) is 8.73. The second kappa shape index (κ2) is 9.58. The molecule has 0 radical (unpaired) electrons. The molecular weight excluding hydrogens is 432 g/mol. The lowest BCUT2D eigenvalue weighted by molar-refractivity contribution is -0.141. The molecule has 1 aromatic carbocycles. The summed E-state index contributed by atoms with van der Waals surface area (Å²) < 4.78 is 27.0. The average Bonchev–Trinajstić information content (AvgIpc) is 3.29. The van der Waals surface area contributed by atoms with Crippen molar-refractivity contribution in [2.45, 2.75) is 55.9 Å². The van der Waals surface area contributed by atoms with E-state index in [4.69, 9.17) is 0 Å². The highest BCUT2D eigenvalue weighted by atomic mass is 32.2. The van der Waals surface area contributed by atoms with E-state index in [-0.39, 0.29) is 48.2 Å². The van der Waals surface area contributed by atoms with E-state index in [1.54, 1.807) is 17.0 Å². The van der Waals surface area contributed by atoms with Crippen molar-refractivity contribution < 1.29 is 22.8 Å². The van der Waals surface area contributed by atoms with Gasteiger partial charge in [0.05, 0.1) is 11.4 Å². The van der Waals surface area contributed by atoms with Crippen molar-refractivity contribution >= 4 is 33.4 Å². The minimum Gasteiger partial charge on any atom is -0.354 e. The van der Waals surface area contributed by atoms with Gasteiger partial charge in [-0.2, -0.15) is 4.31 Å². The Morgan fingerprint density at radius 1 is 1.03 bits per heavy atom. The summed E-state index contributed by atoms with van der Waals surface area (Å²) in [6, 6.07) is 5.51. The maximum Gasteiger partial charge on any atom is 0.247 e. The number of carbonyl (C=O) groups excluding carboxylic acids is 3. The Morgan fingerprint density at radius 2 is 1.81 bits per heavy atom. The van der Waals surface area contributed by atoms with Crippen molar-refractivity contribution in [3.05, 3.63) is 24.3 Å². The largest absolute Gasteiger partial charge is 0.354 e. The summed E-state index contributed by atoms with van der Waals surface area (Å²) in [6.07, 6.45) is 6.43. The maximum atomic E-state index is 13.0. The highest BCUT2D eigenvalue weighted by Crippen LogP contribution is 2.29. The van der Waals surface area contributed by atoms with Crippen molar-refractivity contribution in [3.63, 3.8) is 0 Å². The number of amides is 3. The van der Waals surface area contributed by atoms with Crippen molar-refractivity contribution in [1.29, 1.82) is 0 Å². The van der Waals surface area contributed by atoms with Gasteiger partial charge in [-0.1, -0.05) is 25.3 Å². The highest BCUT2D eigenvalue weighted by molar-refractivity contribution is 7.89. The van der Waals surface area contributed by atoms with Gasteiger partial charge < -0.3 is 15.5 Å². The number of benzene rings is 1. The molecule has 0 bridgehead atoms. The van der Waals surface area contributed by atoms with Crippen LogP contribution in [0.5, 0.6) is 0 Å². The number of carbonyl (C=O) groups is 3. The molecule has 0 spiro atoms. The average molecular weight is 463 g/mol. The molecular formula is C22H30N4O5S. The summed E-state index contributed by atoms with van der Waals surface area (Å²) in [5, 5.41) is 5.41. The number of hydrogen-bond donors (Lipinski definition) is 2. The van der Waals surface area contributed by atoms with E-state index in [2.05, 4.69) is 10.6 Å². The van der Waals surface area contributed by atoms with Gasteiger partial charge in [0.2, 0.25) is 27.7 Å². The first-order chi connectivity index (χ1) is 15.4. The number of hydrogen-bond acceptors (Lipinski definition) is 5. The molecule has 0 aromatic heterocycles. The molecule has 1 atom stereocenters. The van der Waals surface area contributed by atoms with E-state index in [1.807, 2.05) is 0 Å². The molecule has 2 heterocycles. The molecule has 4 rings (SSSR count). The molecule has 9 nitrogen and oxygen atoms in total. The second-order valence-corrected chi connectivity index (χ2v) is 10.7. The van der Waals surface area contributed by atoms with Crippen LogP contribution in [0.1, 0.15) is 44.9 Å². The van der Waals surface area contributed by atoms with Crippen LogP contribution in [0.15, 0.2) is 29.2 Å². The number of likely N-dealkylation sites (tertiary alicyclic amines) is 1. The fraction of sp³-hybridized carbons (Fsp3) is 0.591. The van der Waals surface area contributed by atoms with Crippen LogP contribution in [0.2, 0.25) is 0 Å². The number of anilines is 1. The lowest BCUT2D eigenvalue weighted by Gasteiger charge is -2.30. The molecule has 10 heteroatoms. The van der Waals surface area contributed by atoms with Crippen molar-refractivity contribution in [2.75, 3.05) is 31.5 Å². The molecule has 2 N–H and O–H groups in total. The number of nitrogens with one attached hydrogen (secondary N) is 2. The van der Waals surface area contributed by atoms with Gasteiger partial charge in [-0.3, -0.25) is 14.4 Å². The van der Waals surface area contributed by atoms with E-state index < -0.39 is 16.1 Å². The Kier molecular flexibility index (Phi) is 6.80. The van der Waals surface area contributed by atoms with E-state index in [1.165, 1.54) is 12.1 Å². The topological polar surface area (TPSA) is 116 Å². The summed E-state index contributed by atoms with van der Waals surface area (Å²) >= 11 is 0. The zero-order valence-electron chi connectivity index (χ0n) is 18.1. The van der Waals surface area contributed by atoms with Crippen LogP contribution in [-0.2, 0) is 24.4 Å². The first-order valence-electron chi connectivity index (χ1n) is 11.3. The van der Waals surface area contributed by atoms with Gasteiger partial charge in [0.25, 0.3) is 0 Å². The molecule has 1 aliphatic carbocycles. The van der Waals surface area contributed by atoms with Crippen molar-refractivity contribution in [1.82, 2.24) is 14.5 Å². The zero-order chi connectivity index (χ0) is 22.7. The molecule has 1 unspecified atom stereocenters. The summed E-state index contributed by atoms with van der Waals surface area (Å²) in [5.41, 5.74) is 0.356. The Hall–Kier alpha value is -2.46. The number of rotatable bonds is 5. The minimum absolute atomic E-state index is 0.00682. The Labute approximate surface area is 188 Å². The zero-order valence-corrected chi connectivity index (χ0v) is 18.9. The molecule has 32 heavy (non-hydrogen) atoms. The SMILES string of the molecule is O=C1CN(S(=O)(=O)c2cccc(NC(=O)C3CCCN3C(=O)C3CCCCC3)c2)CCN1. The Balaban J connectivity index is 1.45. The molecule has 1 saturated carbocycles. The number of sulfonamides is 1. The Morgan fingerprint density at radius 3 is 2.56 bits per heavy atom. The fourth-order valence-electron chi connectivity index (χ4n) is 4.82. The molecule has 2 saturated heterocycles. The summed E-state index contributed by atoms with van der Waals surface area (Å²) in [7, 11) is -3.85. The lowest BCUT2D eigenvalue weighted by Crippen LogP contribution is -2.49. The third kappa shape index (κ3) is 4.80. The standard InChI is InChI=1S/C22H30N4O5S/c27-20-15-25(13-11-23-20)32(30,31)18-9-4-8-17(14-18)24-21(28)19-10-5-12-26(19)22(29)16-6-2-1-3-7-16/h4,8-9,14,16,19H,1-3,5-7,10-13,15H2,(H,23,27)(H,24,28). The van der Waals surface area contributed by atoms with Crippen LogP contribution in [0, 0.1) is 5.92 Å². The predicted molar refractivity (Wildman–Crippen MR) is 118 cm³/mol. The molecule has 3 aliphatic rings. The van der Waals surface area contributed by atoms with E-state index >= 15 is 0 Å². The van der Waals surface area contributed by atoms with E-state index in [9.17, 15) is 22.8 Å². The first kappa shape index (κ1) is 22.7. The highest BCUT2D eigenvalue weighted by Gasteiger charge is 2.37. The molecule has 3 amide bonds. The quantitative estimate of drug-likeness (QED) is 0.685. The van der Waals surface area contributed by atoms with Crippen LogP contribution < -0.4 is 10.6 Å². The maximum absolute atomic E-state index is 13.0. The first-order valence-corrected chi connectivity index (χ1v) is 12.8. The smallest absolute Gasteiger partial charge is 0.247 e. The van der Waals surface area contributed by atoms with Gasteiger partial charge in [-0.15, -0.1) is 0 Å². The molecule has 1 aromatic rings. The van der Waals surface area contributed by atoms with Gasteiger partial charge in [0, 0.05) is 31.2 Å². The third-order valence-corrected chi connectivity index (χ3v) is 8.38. The Bertz CT molecular complexity index is 990. The normalized spacial score (nSPS) is 23.1.